The van der Waals surface area contributed by atoms with Crippen molar-refractivity contribution in [3.8, 4) is 0 Å². The fourth-order valence-electron chi connectivity index (χ4n) is 0.685. The molecule has 4 heteroatoms. The highest BCUT2D eigenvalue weighted by Crippen LogP contribution is 2.22. The van der Waals surface area contributed by atoms with Crippen molar-refractivity contribution in [1.29, 1.82) is 0 Å². The van der Waals surface area contributed by atoms with Gasteiger partial charge in [0.2, 0.25) is 0 Å². The lowest BCUT2D eigenvalue weighted by Crippen LogP contribution is -1.91. The Kier molecular flexibility index (Phi) is 3.27. The third kappa shape index (κ3) is 2.13. The van der Waals surface area contributed by atoms with Crippen LogP contribution in [0.5, 0.6) is 0 Å². The third-order valence-corrected chi connectivity index (χ3v) is 3.55. The van der Waals surface area contributed by atoms with Crippen molar-refractivity contribution < 1.29 is 9.50 Å². The first-order valence-corrected chi connectivity index (χ1v) is 4.76. The summed E-state index contributed by atoms with van der Waals surface area (Å²) in [4.78, 5) is 0. The number of aliphatic hydroxyl groups is 1. The quantitative estimate of drug-likeness (QED) is 0.620. The number of benzene rings is 1. The maximum Gasteiger partial charge on any atom is 0.129 e. The molecule has 11 heavy (non-hydrogen) atoms. The van der Waals surface area contributed by atoms with E-state index in [-0.39, 0.29) is 12.4 Å². The van der Waals surface area contributed by atoms with Gasteiger partial charge in [-0.15, -0.1) is 0 Å². The smallest absolute Gasteiger partial charge is 0.129 e. The maximum atomic E-state index is 12.8. The van der Waals surface area contributed by atoms with Gasteiger partial charge in [0.05, 0.1) is 6.61 Å². The van der Waals surface area contributed by atoms with Crippen molar-refractivity contribution in [3.05, 3.63) is 31.6 Å². The molecule has 0 amide bonds. The largest absolute Gasteiger partial charge is 0.392 e. The average Bonchev–Trinajstić information content (AvgIpc) is 1.97. The van der Waals surface area contributed by atoms with Crippen molar-refractivity contribution in [1.82, 2.24) is 0 Å². The van der Waals surface area contributed by atoms with E-state index >= 15 is 0 Å². The summed E-state index contributed by atoms with van der Waals surface area (Å²) >= 11 is 5.25. The van der Waals surface area contributed by atoms with Gasteiger partial charge < -0.3 is 5.11 Å². The van der Waals surface area contributed by atoms with E-state index in [1.54, 1.807) is 6.07 Å². The van der Waals surface area contributed by atoms with Crippen LogP contribution in [0.2, 0.25) is 0 Å². The van der Waals surface area contributed by atoms with Gasteiger partial charge in [0, 0.05) is 13.6 Å². The van der Waals surface area contributed by atoms with Crippen LogP contribution in [0.15, 0.2) is 16.6 Å². The topological polar surface area (TPSA) is 20.2 Å². The average molecular weight is 331 g/mol. The zero-order valence-electron chi connectivity index (χ0n) is 5.44. The molecule has 0 atom stereocenters. The van der Waals surface area contributed by atoms with Crippen LogP contribution in [0.25, 0.3) is 0 Å². The number of rotatable bonds is 1. The Labute approximate surface area is 85.9 Å². The summed E-state index contributed by atoms with van der Waals surface area (Å²) in [5.41, 5.74) is 0.331. The van der Waals surface area contributed by atoms with Crippen molar-refractivity contribution in [2.24, 2.45) is 0 Å². The molecule has 0 aliphatic carbocycles. The van der Waals surface area contributed by atoms with Gasteiger partial charge in [0.15, 0.2) is 0 Å². The fourth-order valence-corrected chi connectivity index (χ4v) is 1.53. The fraction of sp³-hybridized carbons (Fsp3) is 0.143. The molecule has 0 aliphatic heterocycles. The lowest BCUT2D eigenvalue weighted by atomic mass is 10.2. The van der Waals surface area contributed by atoms with E-state index in [1.807, 2.05) is 0 Å². The van der Waals surface area contributed by atoms with Gasteiger partial charge in [-0.2, -0.15) is 0 Å². The third-order valence-electron chi connectivity index (χ3n) is 1.26. The zero-order valence-corrected chi connectivity index (χ0v) is 9.19. The molecule has 1 rings (SSSR count). The first-order chi connectivity index (χ1) is 5.15. The number of hydrogen-bond acceptors (Lipinski definition) is 1. The van der Waals surface area contributed by atoms with E-state index in [2.05, 4.69) is 38.5 Å². The van der Waals surface area contributed by atoms with Gasteiger partial charge in [0.1, 0.15) is 5.82 Å². The molecule has 0 aliphatic rings. The monoisotopic (exact) mass is 330 g/mol. The van der Waals surface area contributed by atoms with E-state index in [0.29, 0.717) is 10.0 Å². The SMILES string of the molecule is OCc1cc(I)c(Br)cc1F. The van der Waals surface area contributed by atoms with E-state index in [0.717, 1.165) is 3.57 Å². The maximum absolute atomic E-state index is 12.8. The van der Waals surface area contributed by atoms with Gasteiger partial charge in [-0.25, -0.2) is 4.39 Å². The first kappa shape index (κ1) is 9.41. The Hall–Kier alpha value is 0.320. The molecule has 1 aromatic carbocycles. The van der Waals surface area contributed by atoms with Crippen LogP contribution in [0.1, 0.15) is 5.56 Å². The van der Waals surface area contributed by atoms with E-state index in [4.69, 9.17) is 5.11 Å². The Bertz CT molecular complexity index is 277. The number of halogens is 3. The summed E-state index contributed by atoms with van der Waals surface area (Å²) in [6.45, 7) is -0.255. The summed E-state index contributed by atoms with van der Waals surface area (Å²) in [5, 5.41) is 8.68. The van der Waals surface area contributed by atoms with Crippen LogP contribution in [0.3, 0.4) is 0 Å². The van der Waals surface area contributed by atoms with Gasteiger partial charge in [-0.1, -0.05) is 0 Å². The highest BCUT2D eigenvalue weighted by molar-refractivity contribution is 14.1. The van der Waals surface area contributed by atoms with E-state index in [9.17, 15) is 4.39 Å². The molecule has 1 N–H and O–H groups in total. The standard InChI is InChI=1S/C7H5BrFIO/c8-5-2-6(9)4(3-11)1-7(5)10/h1-2,11H,3H2. The van der Waals surface area contributed by atoms with Crippen LogP contribution in [-0.4, -0.2) is 5.11 Å². The van der Waals surface area contributed by atoms with Crippen molar-refractivity contribution >= 4 is 38.5 Å². The molecule has 1 aromatic rings. The normalized spacial score (nSPS) is 10.2. The number of aliphatic hydroxyl groups excluding tert-OH is 1. The molecule has 0 radical (unpaired) electrons. The lowest BCUT2D eigenvalue weighted by molar-refractivity contribution is 0.275. The zero-order chi connectivity index (χ0) is 8.43. The van der Waals surface area contributed by atoms with Gasteiger partial charge >= 0.3 is 0 Å². The van der Waals surface area contributed by atoms with Crippen molar-refractivity contribution in [2.75, 3.05) is 0 Å². The minimum absolute atomic E-state index is 0.255. The molecule has 0 bridgehead atoms. The molecule has 0 saturated carbocycles. The van der Waals surface area contributed by atoms with Crippen LogP contribution in [0, 0.1) is 9.39 Å². The van der Waals surface area contributed by atoms with Crippen molar-refractivity contribution in [2.45, 2.75) is 6.61 Å². The molecule has 0 fully saturated rings. The Morgan fingerprint density at radius 3 is 2.73 bits per heavy atom. The molecule has 0 aromatic heterocycles. The van der Waals surface area contributed by atoms with Crippen LogP contribution < -0.4 is 0 Å². The summed E-state index contributed by atoms with van der Waals surface area (Å²) in [5.74, 6) is -0.375. The van der Waals surface area contributed by atoms with Gasteiger partial charge in [0.25, 0.3) is 0 Å². The first-order valence-electron chi connectivity index (χ1n) is 2.89. The highest BCUT2D eigenvalue weighted by Gasteiger charge is 2.04. The molecule has 0 spiro atoms. The minimum Gasteiger partial charge on any atom is -0.392 e. The Morgan fingerprint density at radius 1 is 1.55 bits per heavy atom. The molecule has 0 heterocycles. The van der Waals surface area contributed by atoms with Crippen LogP contribution in [0.4, 0.5) is 4.39 Å². The Balaban J connectivity index is 3.21. The number of hydrogen-bond donors (Lipinski definition) is 1. The molecule has 0 unspecified atom stereocenters. The second-order valence-corrected chi connectivity index (χ2v) is 4.03. The molecular weight excluding hydrogens is 326 g/mol. The molecule has 0 saturated heterocycles. The van der Waals surface area contributed by atoms with Crippen LogP contribution >= 0.6 is 38.5 Å². The molecule has 60 valence electrons. The second kappa shape index (κ2) is 3.82. The van der Waals surface area contributed by atoms with Crippen molar-refractivity contribution in [3.63, 3.8) is 0 Å². The van der Waals surface area contributed by atoms with Gasteiger partial charge in [-0.3, -0.25) is 0 Å². The Morgan fingerprint density at radius 2 is 2.18 bits per heavy atom. The van der Waals surface area contributed by atoms with E-state index < -0.39 is 0 Å². The summed E-state index contributed by atoms with van der Waals surface area (Å²) in [7, 11) is 0. The minimum atomic E-state index is -0.375. The van der Waals surface area contributed by atoms with Gasteiger partial charge in [-0.05, 0) is 50.7 Å². The van der Waals surface area contributed by atoms with E-state index in [1.165, 1.54) is 6.07 Å². The predicted octanol–water partition coefficient (Wildman–Crippen LogP) is 2.69. The molecule has 1 nitrogen and oxygen atoms in total. The second-order valence-electron chi connectivity index (χ2n) is 2.02. The van der Waals surface area contributed by atoms with Crippen LogP contribution in [-0.2, 0) is 6.61 Å². The summed E-state index contributed by atoms with van der Waals surface area (Å²) in [6, 6.07) is 2.97. The summed E-state index contributed by atoms with van der Waals surface area (Å²) < 4.78 is 14.4. The lowest BCUT2D eigenvalue weighted by Gasteiger charge is -2.01. The molecular formula is C7H5BrFIO. The summed E-state index contributed by atoms with van der Waals surface area (Å²) in [6.07, 6.45) is 0. The predicted molar refractivity (Wildman–Crippen MR) is 52.7 cm³/mol. The highest BCUT2D eigenvalue weighted by atomic mass is 127.